The number of carbonyl (C=O) groups is 1. The highest BCUT2D eigenvalue weighted by atomic mass is 16.6. The predicted molar refractivity (Wildman–Crippen MR) is 103 cm³/mol. The topological polar surface area (TPSA) is 74.8 Å². The van der Waals surface area contributed by atoms with Gasteiger partial charge in [0.05, 0.1) is 6.04 Å². The molecule has 1 atom stereocenters. The number of nitrogens with zero attached hydrogens (tertiary/aromatic N) is 1. The number of amides is 1. The largest absolute Gasteiger partial charge is 0.444 e. The Morgan fingerprint density at radius 3 is 2.44 bits per heavy atom. The molecule has 0 spiro atoms. The van der Waals surface area contributed by atoms with E-state index in [1.165, 1.54) is 0 Å². The molecule has 0 aliphatic carbocycles. The van der Waals surface area contributed by atoms with Crippen LogP contribution in [-0.4, -0.2) is 37.8 Å². The number of hydrogen-bond acceptors (Lipinski definition) is 3. The molecule has 3 N–H and O–H groups in total. The number of alkyl carbamates (subject to hydrolysis) is 1. The van der Waals surface area contributed by atoms with Gasteiger partial charge in [0.2, 0.25) is 0 Å². The van der Waals surface area contributed by atoms with Crippen molar-refractivity contribution in [1.29, 1.82) is 0 Å². The maximum atomic E-state index is 12.2. The van der Waals surface area contributed by atoms with E-state index < -0.39 is 11.7 Å². The standard InChI is InChI=1S/C19H32N4O2/c1-6-7-13-21-17(20-5)22-14-16(15-11-9-8-10-12-15)23-18(24)25-19(2,3)4/h8-12,16H,6-7,13-14H2,1-5H3,(H,23,24)(H2,20,21,22). The number of unbranched alkanes of at least 4 members (excludes halogenated alkanes) is 1. The molecule has 0 bridgehead atoms. The van der Waals surface area contributed by atoms with E-state index >= 15 is 0 Å². The van der Waals surface area contributed by atoms with Gasteiger partial charge in [-0.25, -0.2) is 4.79 Å². The van der Waals surface area contributed by atoms with Gasteiger partial charge >= 0.3 is 6.09 Å². The van der Waals surface area contributed by atoms with Crippen LogP contribution in [0.3, 0.4) is 0 Å². The summed E-state index contributed by atoms with van der Waals surface area (Å²) in [4.78, 5) is 16.4. The van der Waals surface area contributed by atoms with Gasteiger partial charge in [0.25, 0.3) is 0 Å². The van der Waals surface area contributed by atoms with E-state index in [0.29, 0.717) is 6.54 Å². The Morgan fingerprint density at radius 1 is 1.20 bits per heavy atom. The van der Waals surface area contributed by atoms with E-state index in [9.17, 15) is 4.79 Å². The first-order valence-corrected chi connectivity index (χ1v) is 8.84. The number of guanidine groups is 1. The summed E-state index contributed by atoms with van der Waals surface area (Å²) in [6.07, 6.45) is 1.77. The summed E-state index contributed by atoms with van der Waals surface area (Å²) in [5, 5.41) is 9.46. The Kier molecular flexibility index (Phi) is 8.81. The maximum absolute atomic E-state index is 12.2. The average molecular weight is 348 g/mol. The smallest absolute Gasteiger partial charge is 0.408 e. The molecule has 0 saturated heterocycles. The number of carbonyl (C=O) groups excluding carboxylic acids is 1. The van der Waals surface area contributed by atoms with Crippen LogP contribution >= 0.6 is 0 Å². The first kappa shape index (κ1) is 20.8. The molecule has 1 aromatic carbocycles. The zero-order valence-corrected chi connectivity index (χ0v) is 16.1. The van der Waals surface area contributed by atoms with Crippen LogP contribution in [0.2, 0.25) is 0 Å². The van der Waals surface area contributed by atoms with Crippen LogP contribution in [0.1, 0.15) is 52.1 Å². The number of benzene rings is 1. The minimum atomic E-state index is -0.531. The van der Waals surface area contributed by atoms with Crippen molar-refractivity contribution in [2.24, 2.45) is 4.99 Å². The van der Waals surface area contributed by atoms with E-state index in [-0.39, 0.29) is 6.04 Å². The molecule has 0 saturated carbocycles. The van der Waals surface area contributed by atoms with E-state index in [2.05, 4.69) is 27.9 Å². The van der Waals surface area contributed by atoms with E-state index in [1.54, 1.807) is 7.05 Å². The number of nitrogens with one attached hydrogen (secondary N) is 3. The van der Waals surface area contributed by atoms with Crippen molar-refractivity contribution >= 4 is 12.1 Å². The Hall–Kier alpha value is -2.24. The molecule has 6 nitrogen and oxygen atoms in total. The molecular weight excluding hydrogens is 316 g/mol. The molecule has 0 aliphatic heterocycles. The van der Waals surface area contributed by atoms with Gasteiger partial charge in [-0.05, 0) is 32.8 Å². The van der Waals surface area contributed by atoms with Gasteiger partial charge in [0.1, 0.15) is 5.60 Å². The zero-order chi connectivity index (χ0) is 18.7. The van der Waals surface area contributed by atoms with Crippen LogP contribution < -0.4 is 16.0 Å². The summed E-state index contributed by atoms with van der Waals surface area (Å²) in [6, 6.07) is 9.60. The fraction of sp³-hybridized carbons (Fsp3) is 0.579. The average Bonchev–Trinajstić information content (AvgIpc) is 2.56. The lowest BCUT2D eigenvalue weighted by molar-refractivity contribution is 0.0504. The molecule has 1 rings (SSSR count). The van der Waals surface area contributed by atoms with E-state index in [0.717, 1.165) is 30.9 Å². The lowest BCUT2D eigenvalue weighted by Gasteiger charge is -2.24. The second-order valence-corrected chi connectivity index (χ2v) is 6.84. The predicted octanol–water partition coefficient (Wildman–Crippen LogP) is 3.22. The second-order valence-electron chi connectivity index (χ2n) is 6.84. The first-order valence-electron chi connectivity index (χ1n) is 8.84. The number of rotatable bonds is 7. The van der Waals surface area contributed by atoms with Crippen molar-refractivity contribution in [2.75, 3.05) is 20.1 Å². The van der Waals surface area contributed by atoms with Crippen molar-refractivity contribution in [2.45, 2.75) is 52.2 Å². The summed E-state index contributed by atoms with van der Waals surface area (Å²) in [5.74, 6) is 0.723. The Labute approximate surface area is 151 Å². The first-order chi connectivity index (χ1) is 11.9. The molecule has 0 aromatic heterocycles. The van der Waals surface area contributed by atoms with Crippen LogP contribution in [0.15, 0.2) is 35.3 Å². The lowest BCUT2D eigenvalue weighted by Crippen LogP contribution is -2.44. The zero-order valence-electron chi connectivity index (χ0n) is 16.1. The van der Waals surface area contributed by atoms with Gasteiger partial charge in [-0.1, -0.05) is 43.7 Å². The van der Waals surface area contributed by atoms with Gasteiger partial charge in [-0.3, -0.25) is 4.99 Å². The van der Waals surface area contributed by atoms with Crippen molar-refractivity contribution in [3.8, 4) is 0 Å². The molecule has 0 fully saturated rings. The minimum absolute atomic E-state index is 0.222. The molecule has 1 unspecified atom stereocenters. The van der Waals surface area contributed by atoms with Gasteiger partial charge in [-0.2, -0.15) is 0 Å². The van der Waals surface area contributed by atoms with Crippen LogP contribution in [-0.2, 0) is 4.74 Å². The fourth-order valence-corrected chi connectivity index (χ4v) is 2.19. The summed E-state index contributed by atoms with van der Waals surface area (Å²) in [7, 11) is 1.74. The Balaban J connectivity index is 2.70. The van der Waals surface area contributed by atoms with Gasteiger partial charge < -0.3 is 20.7 Å². The number of ether oxygens (including phenoxy) is 1. The van der Waals surface area contributed by atoms with Gasteiger partial charge in [0, 0.05) is 20.1 Å². The van der Waals surface area contributed by atoms with E-state index in [1.807, 2.05) is 51.1 Å². The molecule has 1 amide bonds. The SMILES string of the molecule is CCCCNC(=NC)NCC(NC(=O)OC(C)(C)C)c1ccccc1. The third-order valence-electron chi connectivity index (χ3n) is 3.41. The van der Waals surface area contributed by atoms with Crippen molar-refractivity contribution in [3.63, 3.8) is 0 Å². The molecular formula is C19H32N4O2. The monoisotopic (exact) mass is 348 g/mol. The highest BCUT2D eigenvalue weighted by molar-refractivity contribution is 5.79. The maximum Gasteiger partial charge on any atom is 0.408 e. The van der Waals surface area contributed by atoms with Crippen LogP contribution in [0.5, 0.6) is 0 Å². The lowest BCUT2D eigenvalue weighted by atomic mass is 10.1. The van der Waals surface area contributed by atoms with Crippen LogP contribution in [0.4, 0.5) is 4.79 Å². The number of hydrogen-bond donors (Lipinski definition) is 3. The summed E-state index contributed by atoms with van der Waals surface area (Å²) in [6.45, 7) is 9.07. The molecule has 6 heteroatoms. The highest BCUT2D eigenvalue weighted by Crippen LogP contribution is 2.14. The number of aliphatic imine (C=N–C) groups is 1. The molecule has 0 radical (unpaired) electrons. The normalized spacial score (nSPS) is 13.1. The molecule has 0 heterocycles. The molecule has 140 valence electrons. The Morgan fingerprint density at radius 2 is 1.88 bits per heavy atom. The minimum Gasteiger partial charge on any atom is -0.444 e. The summed E-state index contributed by atoms with van der Waals surface area (Å²) in [5.41, 5.74) is 0.473. The van der Waals surface area contributed by atoms with E-state index in [4.69, 9.17) is 4.74 Å². The van der Waals surface area contributed by atoms with Crippen LogP contribution in [0, 0.1) is 0 Å². The Bertz CT molecular complexity index is 538. The van der Waals surface area contributed by atoms with Crippen molar-refractivity contribution in [1.82, 2.24) is 16.0 Å². The summed E-state index contributed by atoms with van der Waals surface area (Å²) >= 11 is 0. The van der Waals surface area contributed by atoms with Gasteiger partial charge in [-0.15, -0.1) is 0 Å². The van der Waals surface area contributed by atoms with Crippen molar-refractivity contribution < 1.29 is 9.53 Å². The van der Waals surface area contributed by atoms with Crippen molar-refractivity contribution in [3.05, 3.63) is 35.9 Å². The third-order valence-corrected chi connectivity index (χ3v) is 3.41. The quantitative estimate of drug-likeness (QED) is 0.402. The molecule has 1 aromatic rings. The summed E-state index contributed by atoms with van der Waals surface area (Å²) < 4.78 is 5.38. The molecule has 25 heavy (non-hydrogen) atoms. The molecule has 0 aliphatic rings. The third kappa shape index (κ3) is 8.98. The van der Waals surface area contributed by atoms with Crippen LogP contribution in [0.25, 0.3) is 0 Å². The fourth-order valence-electron chi connectivity index (χ4n) is 2.19. The van der Waals surface area contributed by atoms with Gasteiger partial charge in [0.15, 0.2) is 5.96 Å². The second kappa shape index (κ2) is 10.6. The highest BCUT2D eigenvalue weighted by Gasteiger charge is 2.20.